The highest BCUT2D eigenvalue weighted by Gasteiger charge is 2.07. The van der Waals surface area contributed by atoms with Crippen molar-refractivity contribution >= 4 is 12.1 Å². The minimum absolute atomic E-state index is 0.115. The van der Waals surface area contributed by atoms with Gasteiger partial charge < -0.3 is 10.2 Å². The summed E-state index contributed by atoms with van der Waals surface area (Å²) in [6.07, 6.45) is 4.68. The number of hydrogen-bond acceptors (Lipinski definition) is 5. The maximum atomic E-state index is 11.7. The Labute approximate surface area is 109 Å². The molecular weight excluding hydrogens is 246 g/mol. The van der Waals surface area contributed by atoms with E-state index in [1.54, 1.807) is 24.5 Å². The van der Waals surface area contributed by atoms with E-state index in [9.17, 15) is 15.0 Å². The van der Waals surface area contributed by atoms with Crippen molar-refractivity contribution < 1.29 is 15.0 Å². The van der Waals surface area contributed by atoms with Gasteiger partial charge in [0.15, 0.2) is 0 Å². The molecule has 2 aromatic rings. The molecule has 96 valence electrons. The van der Waals surface area contributed by atoms with Gasteiger partial charge in [0.25, 0.3) is 5.91 Å². The van der Waals surface area contributed by atoms with Crippen LogP contribution in [0.3, 0.4) is 0 Å². The Kier molecular flexibility index (Phi) is 3.72. The molecule has 0 aliphatic heterocycles. The summed E-state index contributed by atoms with van der Waals surface area (Å²) in [5.41, 5.74) is 3.19. The van der Waals surface area contributed by atoms with E-state index in [1.807, 2.05) is 0 Å². The lowest BCUT2D eigenvalue weighted by Gasteiger charge is -2.01. The summed E-state index contributed by atoms with van der Waals surface area (Å²) in [5, 5.41) is 22.3. The van der Waals surface area contributed by atoms with Crippen molar-refractivity contribution in [2.75, 3.05) is 0 Å². The Hall–Kier alpha value is -2.89. The van der Waals surface area contributed by atoms with E-state index in [4.69, 9.17) is 0 Å². The molecule has 0 atom stereocenters. The van der Waals surface area contributed by atoms with Crippen LogP contribution in [0.25, 0.3) is 0 Å². The third-order valence-corrected chi connectivity index (χ3v) is 2.25. The number of nitrogens with one attached hydrogen (secondary N) is 1. The van der Waals surface area contributed by atoms with Crippen molar-refractivity contribution in [2.24, 2.45) is 5.10 Å². The summed E-state index contributed by atoms with van der Waals surface area (Å²) in [6, 6.07) is 7.07. The normalized spacial score (nSPS) is 10.5. The first-order valence-electron chi connectivity index (χ1n) is 5.41. The van der Waals surface area contributed by atoms with Gasteiger partial charge in [-0.2, -0.15) is 5.10 Å². The van der Waals surface area contributed by atoms with Crippen LogP contribution >= 0.6 is 0 Å². The molecule has 1 heterocycles. The average molecular weight is 257 g/mol. The van der Waals surface area contributed by atoms with E-state index in [0.717, 1.165) is 11.6 Å². The summed E-state index contributed by atoms with van der Waals surface area (Å²) < 4.78 is 0. The molecule has 0 saturated heterocycles. The van der Waals surface area contributed by atoms with Crippen LogP contribution in [0.1, 0.15) is 15.9 Å². The van der Waals surface area contributed by atoms with Gasteiger partial charge in [-0.3, -0.25) is 9.78 Å². The number of benzene rings is 1. The average Bonchev–Trinajstić information content (AvgIpc) is 2.38. The zero-order valence-electron chi connectivity index (χ0n) is 9.82. The van der Waals surface area contributed by atoms with Gasteiger partial charge in [-0.1, -0.05) is 0 Å². The van der Waals surface area contributed by atoms with Gasteiger partial charge >= 0.3 is 0 Å². The number of hydrogen-bond donors (Lipinski definition) is 3. The Morgan fingerprint density at radius 2 is 1.79 bits per heavy atom. The largest absolute Gasteiger partial charge is 0.508 e. The Bertz CT molecular complexity index is 592. The zero-order chi connectivity index (χ0) is 13.7. The Morgan fingerprint density at radius 3 is 2.42 bits per heavy atom. The first-order chi connectivity index (χ1) is 9.15. The predicted molar refractivity (Wildman–Crippen MR) is 69.1 cm³/mol. The number of aromatic nitrogens is 1. The summed E-state index contributed by atoms with van der Waals surface area (Å²) >= 11 is 0. The van der Waals surface area contributed by atoms with E-state index < -0.39 is 5.91 Å². The predicted octanol–water partition coefficient (Wildman–Crippen LogP) is 1.26. The van der Waals surface area contributed by atoms with E-state index in [0.29, 0.717) is 0 Å². The van der Waals surface area contributed by atoms with Crippen LogP contribution < -0.4 is 5.43 Å². The minimum atomic E-state index is -0.531. The molecule has 2 rings (SSSR count). The van der Waals surface area contributed by atoms with Crippen molar-refractivity contribution in [1.82, 2.24) is 10.4 Å². The van der Waals surface area contributed by atoms with Gasteiger partial charge in [-0.05, 0) is 29.8 Å². The lowest BCUT2D eigenvalue weighted by Crippen LogP contribution is -2.17. The molecule has 0 fully saturated rings. The highest BCUT2D eigenvalue weighted by molar-refractivity contribution is 5.95. The molecule has 0 saturated carbocycles. The van der Waals surface area contributed by atoms with Gasteiger partial charge in [0.05, 0.1) is 6.21 Å². The van der Waals surface area contributed by atoms with Crippen molar-refractivity contribution in [3.05, 3.63) is 53.9 Å². The van der Waals surface area contributed by atoms with Gasteiger partial charge in [0.2, 0.25) is 0 Å². The highest BCUT2D eigenvalue weighted by Crippen LogP contribution is 2.20. The fraction of sp³-hybridized carbons (Fsp3) is 0. The van der Waals surface area contributed by atoms with Crippen molar-refractivity contribution in [3.8, 4) is 11.5 Å². The fourth-order valence-corrected chi connectivity index (χ4v) is 1.41. The number of hydrazone groups is 1. The topological polar surface area (TPSA) is 94.8 Å². The van der Waals surface area contributed by atoms with Gasteiger partial charge in [-0.25, -0.2) is 5.43 Å². The lowest BCUT2D eigenvalue weighted by molar-refractivity contribution is 0.0954. The quantitative estimate of drug-likeness (QED) is 0.569. The van der Waals surface area contributed by atoms with Gasteiger partial charge in [0.1, 0.15) is 11.5 Å². The maximum Gasteiger partial charge on any atom is 0.271 e. The van der Waals surface area contributed by atoms with Crippen LogP contribution in [0.2, 0.25) is 0 Å². The number of phenolic OH excluding ortho intramolecular Hbond substituents is 2. The second-order valence-electron chi connectivity index (χ2n) is 3.72. The SMILES string of the molecule is O=C(N/N=C\c1ccncc1)c1cc(O)cc(O)c1. The number of amides is 1. The zero-order valence-corrected chi connectivity index (χ0v) is 9.82. The molecule has 1 amide bonds. The fourth-order valence-electron chi connectivity index (χ4n) is 1.41. The number of phenols is 2. The van der Waals surface area contributed by atoms with Crippen molar-refractivity contribution in [2.45, 2.75) is 0 Å². The first kappa shape index (κ1) is 12.6. The first-order valence-corrected chi connectivity index (χ1v) is 5.41. The second-order valence-corrected chi connectivity index (χ2v) is 3.72. The Balaban J connectivity index is 2.03. The molecule has 0 unspecified atom stereocenters. The number of nitrogens with zero attached hydrogens (tertiary/aromatic N) is 2. The summed E-state index contributed by atoms with van der Waals surface area (Å²) in [6.45, 7) is 0. The van der Waals surface area contributed by atoms with Crippen LogP contribution in [0.4, 0.5) is 0 Å². The van der Waals surface area contributed by atoms with Crippen molar-refractivity contribution in [3.63, 3.8) is 0 Å². The molecule has 6 heteroatoms. The summed E-state index contributed by atoms with van der Waals surface area (Å²) in [7, 11) is 0. The van der Waals surface area contributed by atoms with Crippen LogP contribution in [0.15, 0.2) is 47.8 Å². The van der Waals surface area contributed by atoms with E-state index >= 15 is 0 Å². The number of pyridine rings is 1. The molecule has 0 aliphatic carbocycles. The molecule has 19 heavy (non-hydrogen) atoms. The summed E-state index contributed by atoms with van der Waals surface area (Å²) in [4.78, 5) is 15.5. The number of carbonyl (C=O) groups is 1. The van der Waals surface area contributed by atoms with Crippen LogP contribution in [0.5, 0.6) is 11.5 Å². The number of aromatic hydroxyl groups is 2. The third-order valence-electron chi connectivity index (χ3n) is 2.25. The van der Waals surface area contributed by atoms with E-state index in [1.165, 1.54) is 18.3 Å². The number of carbonyl (C=O) groups excluding carboxylic acids is 1. The smallest absolute Gasteiger partial charge is 0.271 e. The van der Waals surface area contributed by atoms with E-state index in [2.05, 4.69) is 15.5 Å². The number of rotatable bonds is 3. The van der Waals surface area contributed by atoms with Crippen LogP contribution in [0, 0.1) is 0 Å². The molecular formula is C13H11N3O3. The van der Waals surface area contributed by atoms with Gasteiger partial charge in [0, 0.05) is 24.0 Å². The van der Waals surface area contributed by atoms with E-state index in [-0.39, 0.29) is 17.1 Å². The molecule has 0 spiro atoms. The molecule has 0 bridgehead atoms. The molecule has 3 N–H and O–H groups in total. The van der Waals surface area contributed by atoms with Crippen LogP contribution in [-0.2, 0) is 0 Å². The monoisotopic (exact) mass is 257 g/mol. The van der Waals surface area contributed by atoms with Crippen LogP contribution in [-0.4, -0.2) is 27.3 Å². The molecule has 6 nitrogen and oxygen atoms in total. The molecule has 0 radical (unpaired) electrons. The molecule has 1 aromatic carbocycles. The minimum Gasteiger partial charge on any atom is -0.508 e. The lowest BCUT2D eigenvalue weighted by atomic mass is 10.2. The standard InChI is InChI=1S/C13H11N3O3/c17-11-5-10(6-12(18)7-11)13(19)16-15-8-9-1-3-14-4-2-9/h1-8,17-18H,(H,16,19)/b15-8-. The summed E-state index contributed by atoms with van der Waals surface area (Å²) in [5.74, 6) is -0.914. The second kappa shape index (κ2) is 5.63. The van der Waals surface area contributed by atoms with Gasteiger partial charge in [-0.15, -0.1) is 0 Å². The third kappa shape index (κ3) is 3.53. The Morgan fingerprint density at radius 1 is 1.16 bits per heavy atom. The highest BCUT2D eigenvalue weighted by atomic mass is 16.3. The molecule has 1 aromatic heterocycles. The molecule has 0 aliphatic rings. The van der Waals surface area contributed by atoms with Crippen molar-refractivity contribution in [1.29, 1.82) is 0 Å². The maximum absolute atomic E-state index is 11.7.